The van der Waals surface area contributed by atoms with E-state index in [0.29, 0.717) is 19.4 Å². The van der Waals surface area contributed by atoms with Gasteiger partial charge >= 0.3 is 17.9 Å². The molecule has 200 valence electrons. The lowest BCUT2D eigenvalue weighted by atomic mass is 10.0. The summed E-state index contributed by atoms with van der Waals surface area (Å²) in [6.07, 6.45) is -0.219. The van der Waals surface area contributed by atoms with E-state index in [0.717, 1.165) is 0 Å². The molecule has 0 aromatic carbocycles. The number of hydrogen-bond acceptors (Lipinski definition) is 8. The summed E-state index contributed by atoms with van der Waals surface area (Å²) in [4.78, 5) is 71.0. The van der Waals surface area contributed by atoms with E-state index >= 15 is 0 Å². The van der Waals surface area contributed by atoms with Crippen LogP contribution in [0.5, 0.6) is 0 Å². The average molecular weight is 504 g/mol. The highest BCUT2D eigenvalue weighted by molar-refractivity contribution is 5.94. The lowest BCUT2D eigenvalue weighted by Gasteiger charge is -2.26. The van der Waals surface area contributed by atoms with Crippen LogP contribution in [0.15, 0.2) is 0 Å². The third-order valence-corrected chi connectivity index (χ3v) is 4.91. The van der Waals surface area contributed by atoms with Gasteiger partial charge in [-0.1, -0.05) is 13.8 Å². The van der Waals surface area contributed by atoms with Crippen LogP contribution in [0.1, 0.15) is 58.8 Å². The number of nitrogens with two attached hydrogens (primary N) is 2. The van der Waals surface area contributed by atoms with Crippen LogP contribution in [0, 0.1) is 5.92 Å². The summed E-state index contributed by atoms with van der Waals surface area (Å²) in [5, 5.41) is 34.1. The molecule has 0 radical (unpaired) electrons. The molecule has 4 unspecified atom stereocenters. The maximum absolute atomic E-state index is 13.0. The zero-order valence-corrected chi connectivity index (χ0v) is 20.0. The first-order valence-corrected chi connectivity index (χ1v) is 11.3. The highest BCUT2D eigenvalue weighted by atomic mass is 16.4. The summed E-state index contributed by atoms with van der Waals surface area (Å²) in [6, 6.07) is -5.17. The summed E-state index contributed by atoms with van der Waals surface area (Å²) >= 11 is 0. The second-order valence-corrected chi connectivity index (χ2v) is 8.57. The minimum absolute atomic E-state index is 0.0948. The van der Waals surface area contributed by atoms with Gasteiger partial charge in [-0.05, 0) is 44.6 Å². The van der Waals surface area contributed by atoms with Gasteiger partial charge in [0.2, 0.25) is 17.7 Å². The van der Waals surface area contributed by atoms with Gasteiger partial charge in [0, 0.05) is 6.42 Å². The van der Waals surface area contributed by atoms with Crippen molar-refractivity contribution >= 4 is 35.6 Å². The largest absolute Gasteiger partial charge is 0.481 e. The Hall–Kier alpha value is -3.26. The van der Waals surface area contributed by atoms with Crippen molar-refractivity contribution in [3.63, 3.8) is 0 Å². The quantitative estimate of drug-likeness (QED) is 0.0985. The molecule has 0 bridgehead atoms. The van der Waals surface area contributed by atoms with Crippen LogP contribution in [0.25, 0.3) is 0 Å². The second kappa shape index (κ2) is 16.4. The Kier molecular flexibility index (Phi) is 14.9. The number of unbranched alkanes of at least 4 members (excludes halogenated alkanes) is 1. The van der Waals surface area contributed by atoms with Gasteiger partial charge in [-0.3, -0.25) is 24.0 Å². The van der Waals surface area contributed by atoms with Crippen LogP contribution in [0.3, 0.4) is 0 Å². The van der Waals surface area contributed by atoms with Crippen LogP contribution in [0.4, 0.5) is 0 Å². The molecule has 10 N–H and O–H groups in total. The predicted octanol–water partition coefficient (Wildman–Crippen LogP) is -1.63. The van der Waals surface area contributed by atoms with Crippen LogP contribution < -0.4 is 27.4 Å². The number of rotatable bonds is 18. The molecule has 0 fully saturated rings. The fourth-order valence-electron chi connectivity index (χ4n) is 3.09. The number of carboxylic acid groups (broad SMARTS) is 3. The van der Waals surface area contributed by atoms with Gasteiger partial charge < -0.3 is 42.7 Å². The standard InChI is InChI=1S/C21H37N5O9/c1-11(2)9-15(20(33)25-14(21(34)35)6-7-16(27)28)26-19(32)13(5-3-4-8-22)24-18(31)12(23)10-17(29)30/h11-15H,3-10,22-23H2,1-2H3,(H,24,31)(H,25,33)(H,26,32)(H,27,28)(H,29,30)(H,34,35). The van der Waals surface area contributed by atoms with E-state index < -0.39 is 72.6 Å². The molecule has 4 atom stereocenters. The topological polar surface area (TPSA) is 251 Å². The Bertz CT molecular complexity index is 759. The van der Waals surface area contributed by atoms with Gasteiger partial charge in [-0.15, -0.1) is 0 Å². The van der Waals surface area contributed by atoms with Crippen molar-refractivity contribution in [1.82, 2.24) is 16.0 Å². The Morgan fingerprint density at radius 1 is 0.743 bits per heavy atom. The summed E-state index contributed by atoms with van der Waals surface area (Å²) in [7, 11) is 0. The van der Waals surface area contributed by atoms with E-state index in [1.165, 1.54) is 0 Å². The second-order valence-electron chi connectivity index (χ2n) is 8.57. The molecule has 14 heteroatoms. The molecule has 0 aromatic heterocycles. The fraction of sp³-hybridized carbons (Fsp3) is 0.714. The normalized spacial score (nSPS) is 14.3. The molecule has 0 aliphatic heterocycles. The van der Waals surface area contributed by atoms with Crippen LogP contribution >= 0.6 is 0 Å². The summed E-state index contributed by atoms with van der Waals surface area (Å²) in [5.41, 5.74) is 11.0. The Balaban J connectivity index is 5.53. The minimum Gasteiger partial charge on any atom is -0.481 e. The van der Waals surface area contributed by atoms with Crippen molar-refractivity contribution < 1.29 is 44.1 Å². The third kappa shape index (κ3) is 13.9. The van der Waals surface area contributed by atoms with Gasteiger partial charge in [0.15, 0.2) is 0 Å². The molecule has 0 aromatic rings. The van der Waals surface area contributed by atoms with Crippen molar-refractivity contribution in [3.8, 4) is 0 Å². The zero-order valence-electron chi connectivity index (χ0n) is 20.0. The Labute approximate surface area is 203 Å². The lowest BCUT2D eigenvalue weighted by Crippen LogP contribution is -2.57. The van der Waals surface area contributed by atoms with Crippen molar-refractivity contribution in [2.45, 2.75) is 83.0 Å². The molecule has 0 rings (SSSR count). The zero-order chi connectivity index (χ0) is 27.1. The van der Waals surface area contributed by atoms with E-state index in [4.69, 9.17) is 21.7 Å². The predicted molar refractivity (Wildman–Crippen MR) is 123 cm³/mol. The summed E-state index contributed by atoms with van der Waals surface area (Å²) < 4.78 is 0. The molecular formula is C21H37N5O9. The highest BCUT2D eigenvalue weighted by Crippen LogP contribution is 2.09. The van der Waals surface area contributed by atoms with Gasteiger partial charge in [0.25, 0.3) is 0 Å². The van der Waals surface area contributed by atoms with Crippen molar-refractivity contribution in [1.29, 1.82) is 0 Å². The monoisotopic (exact) mass is 503 g/mol. The van der Waals surface area contributed by atoms with Crippen molar-refractivity contribution in [2.75, 3.05) is 6.54 Å². The number of carboxylic acids is 3. The SMILES string of the molecule is CC(C)CC(NC(=O)C(CCCCN)NC(=O)C(N)CC(=O)O)C(=O)NC(CCC(=O)O)C(=O)O. The van der Waals surface area contributed by atoms with E-state index in [1.54, 1.807) is 13.8 Å². The minimum atomic E-state index is -1.47. The number of carbonyl (C=O) groups excluding carboxylic acids is 3. The van der Waals surface area contributed by atoms with Gasteiger partial charge in [-0.2, -0.15) is 0 Å². The van der Waals surface area contributed by atoms with E-state index in [2.05, 4.69) is 16.0 Å². The van der Waals surface area contributed by atoms with Crippen LogP contribution in [-0.4, -0.2) is 81.7 Å². The average Bonchev–Trinajstić information content (AvgIpc) is 2.73. The van der Waals surface area contributed by atoms with Gasteiger partial charge in [0.05, 0.1) is 12.5 Å². The third-order valence-electron chi connectivity index (χ3n) is 4.91. The maximum atomic E-state index is 13.0. The Morgan fingerprint density at radius 3 is 1.77 bits per heavy atom. The molecule has 14 nitrogen and oxygen atoms in total. The molecule has 35 heavy (non-hydrogen) atoms. The van der Waals surface area contributed by atoms with E-state index in [9.17, 15) is 33.9 Å². The van der Waals surface area contributed by atoms with Crippen molar-refractivity contribution in [3.05, 3.63) is 0 Å². The first kappa shape index (κ1) is 31.7. The molecule has 0 spiro atoms. The van der Waals surface area contributed by atoms with Gasteiger partial charge in [-0.25, -0.2) is 4.79 Å². The summed E-state index contributed by atoms with van der Waals surface area (Å²) in [5.74, 6) is -6.45. The number of amides is 3. The highest BCUT2D eigenvalue weighted by Gasteiger charge is 2.31. The number of hydrogen-bond donors (Lipinski definition) is 8. The number of aliphatic carboxylic acids is 3. The van der Waals surface area contributed by atoms with Gasteiger partial charge in [0.1, 0.15) is 18.1 Å². The first-order valence-electron chi connectivity index (χ1n) is 11.3. The number of nitrogens with one attached hydrogen (secondary N) is 3. The fourth-order valence-corrected chi connectivity index (χ4v) is 3.09. The van der Waals surface area contributed by atoms with Crippen molar-refractivity contribution in [2.24, 2.45) is 17.4 Å². The molecule has 0 saturated heterocycles. The number of carbonyl (C=O) groups is 6. The smallest absolute Gasteiger partial charge is 0.326 e. The molecule has 0 aliphatic carbocycles. The molecule has 3 amide bonds. The molecule has 0 aliphatic rings. The lowest BCUT2D eigenvalue weighted by molar-refractivity contribution is -0.143. The molecule has 0 saturated carbocycles. The molecule has 0 heterocycles. The van der Waals surface area contributed by atoms with Crippen LogP contribution in [0.2, 0.25) is 0 Å². The summed E-state index contributed by atoms with van der Waals surface area (Å²) in [6.45, 7) is 3.89. The maximum Gasteiger partial charge on any atom is 0.326 e. The van der Waals surface area contributed by atoms with E-state index in [-0.39, 0.29) is 25.2 Å². The molecular weight excluding hydrogens is 466 g/mol. The van der Waals surface area contributed by atoms with E-state index in [1.807, 2.05) is 0 Å². The Morgan fingerprint density at radius 2 is 1.29 bits per heavy atom. The first-order chi connectivity index (χ1) is 16.3. The van der Waals surface area contributed by atoms with Crippen LogP contribution in [-0.2, 0) is 28.8 Å².